The number of carboxylic acid groups (broad SMARTS) is 1. The molecule has 0 aliphatic heterocycles. The molecule has 2 unspecified atom stereocenters. The molecule has 0 aliphatic carbocycles. The van der Waals surface area contributed by atoms with Crippen molar-refractivity contribution in [2.75, 3.05) is 0 Å². The third-order valence-electron chi connectivity index (χ3n) is 6.51. The number of carbonyl (C=O) groups excluding carboxylic acids is 2. The van der Waals surface area contributed by atoms with Crippen molar-refractivity contribution in [3.8, 4) is 5.75 Å². The van der Waals surface area contributed by atoms with Gasteiger partial charge in [0.1, 0.15) is 24.4 Å². The van der Waals surface area contributed by atoms with Crippen LogP contribution in [0.15, 0.2) is 97.5 Å². The quantitative estimate of drug-likeness (QED) is 0.198. The molecule has 41 heavy (non-hydrogen) atoms. The number of rotatable bonds is 13. The summed E-state index contributed by atoms with van der Waals surface area (Å²) in [6.07, 6.45) is 3.14. The van der Waals surface area contributed by atoms with E-state index in [0.29, 0.717) is 23.6 Å². The normalized spacial score (nSPS) is 12.1. The molecule has 1 heterocycles. The van der Waals surface area contributed by atoms with Crippen LogP contribution in [0.1, 0.15) is 29.3 Å². The van der Waals surface area contributed by atoms with E-state index in [1.807, 2.05) is 60.7 Å². The number of amides is 3. The van der Waals surface area contributed by atoms with Gasteiger partial charge in [0.25, 0.3) is 0 Å². The van der Waals surface area contributed by atoms with Crippen molar-refractivity contribution in [1.82, 2.24) is 25.5 Å². The van der Waals surface area contributed by atoms with Gasteiger partial charge in [0.15, 0.2) is 0 Å². The average molecular weight is 556 g/mol. The van der Waals surface area contributed by atoms with Gasteiger partial charge in [-0.2, -0.15) is 0 Å². The lowest BCUT2D eigenvalue weighted by Crippen LogP contribution is -2.55. The number of ether oxygens (including phenoxy) is 1. The maximum atomic E-state index is 13.8. The Morgan fingerprint density at radius 2 is 1.59 bits per heavy atom. The number of urea groups is 1. The number of benzene rings is 3. The molecule has 212 valence electrons. The zero-order chi connectivity index (χ0) is 29.0. The lowest BCUT2D eigenvalue weighted by atomic mass is 10.1. The van der Waals surface area contributed by atoms with E-state index in [-0.39, 0.29) is 19.5 Å². The number of nitrogens with zero attached hydrogens (tertiary/aromatic N) is 2. The smallest absolute Gasteiger partial charge is 0.326 e. The van der Waals surface area contributed by atoms with E-state index in [4.69, 9.17) is 4.74 Å². The fraction of sp³-hybridized carbons (Fsp3) is 0.226. The minimum Gasteiger partial charge on any atom is -0.489 e. The highest BCUT2D eigenvalue weighted by molar-refractivity contribution is 5.90. The van der Waals surface area contributed by atoms with Crippen molar-refractivity contribution >= 4 is 17.9 Å². The Kier molecular flexibility index (Phi) is 10.1. The maximum Gasteiger partial charge on any atom is 0.326 e. The number of imidazole rings is 1. The highest BCUT2D eigenvalue weighted by Crippen LogP contribution is 2.18. The number of aromatic amines is 1. The van der Waals surface area contributed by atoms with Crippen LogP contribution >= 0.6 is 0 Å². The highest BCUT2D eigenvalue weighted by Gasteiger charge is 2.32. The number of carbonyl (C=O) groups is 3. The van der Waals surface area contributed by atoms with Crippen molar-refractivity contribution in [3.05, 3.63) is 120 Å². The summed E-state index contributed by atoms with van der Waals surface area (Å²) in [6.45, 7) is 2.15. The first kappa shape index (κ1) is 28.9. The van der Waals surface area contributed by atoms with Crippen LogP contribution in [0.25, 0.3) is 0 Å². The molecule has 4 aromatic rings. The van der Waals surface area contributed by atoms with E-state index in [2.05, 4.69) is 20.6 Å². The van der Waals surface area contributed by atoms with E-state index >= 15 is 0 Å². The van der Waals surface area contributed by atoms with Gasteiger partial charge in [-0.1, -0.05) is 72.8 Å². The molecular formula is C31H33N5O5. The molecular weight excluding hydrogens is 522 g/mol. The van der Waals surface area contributed by atoms with Crippen LogP contribution in [-0.4, -0.2) is 50.0 Å². The zero-order valence-corrected chi connectivity index (χ0v) is 22.7. The van der Waals surface area contributed by atoms with E-state index in [1.165, 1.54) is 18.2 Å². The first-order valence-corrected chi connectivity index (χ1v) is 13.2. The third kappa shape index (κ3) is 8.69. The van der Waals surface area contributed by atoms with Gasteiger partial charge in [-0.3, -0.25) is 4.79 Å². The number of aromatic nitrogens is 2. The SMILES string of the molecule is CC(C(=O)O)N(Cc1ccc(OCc2ccccc2)cc1)C(=O)C(Cc1cnc[nH]1)NC(=O)NCc1ccccc1. The minimum atomic E-state index is -1.16. The Hall–Kier alpha value is -5.12. The molecule has 0 saturated carbocycles. The molecule has 3 amide bonds. The van der Waals surface area contributed by atoms with Crippen LogP contribution in [0.5, 0.6) is 5.75 Å². The number of hydrogen-bond acceptors (Lipinski definition) is 5. The molecule has 0 saturated heterocycles. The molecule has 1 aromatic heterocycles. The van der Waals surface area contributed by atoms with Gasteiger partial charge >= 0.3 is 12.0 Å². The molecule has 0 spiro atoms. The summed E-state index contributed by atoms with van der Waals surface area (Å²) in [5.74, 6) is -1.04. The van der Waals surface area contributed by atoms with Crippen molar-refractivity contribution in [2.24, 2.45) is 0 Å². The van der Waals surface area contributed by atoms with Crippen LogP contribution in [0.3, 0.4) is 0 Å². The van der Waals surface area contributed by atoms with Gasteiger partial charge in [-0.05, 0) is 35.7 Å². The number of hydrogen-bond donors (Lipinski definition) is 4. The Morgan fingerprint density at radius 3 is 2.20 bits per heavy atom. The number of carboxylic acids is 1. The van der Waals surface area contributed by atoms with Crippen LogP contribution in [-0.2, 0) is 35.7 Å². The standard InChI is InChI=1S/C31H33N5O5/c1-22(30(38)39)36(19-24-12-14-27(15-13-24)41-20-25-10-6-3-7-11-25)29(37)28(16-26-18-32-21-34-26)35-31(40)33-17-23-8-4-2-5-9-23/h2-15,18,21-22,28H,16-17,19-20H2,1H3,(H,32,34)(H,38,39)(H2,33,35,40). The van der Waals surface area contributed by atoms with Crippen LogP contribution in [0.2, 0.25) is 0 Å². The van der Waals surface area contributed by atoms with Crippen LogP contribution < -0.4 is 15.4 Å². The highest BCUT2D eigenvalue weighted by atomic mass is 16.5. The maximum absolute atomic E-state index is 13.8. The molecule has 4 rings (SSSR count). The first-order chi connectivity index (χ1) is 19.9. The molecule has 0 radical (unpaired) electrons. The second-order valence-electron chi connectivity index (χ2n) is 9.54. The van der Waals surface area contributed by atoms with Gasteiger partial charge in [-0.25, -0.2) is 14.6 Å². The Morgan fingerprint density at radius 1 is 0.927 bits per heavy atom. The largest absolute Gasteiger partial charge is 0.489 e. The van der Waals surface area contributed by atoms with Crippen LogP contribution in [0.4, 0.5) is 4.79 Å². The molecule has 2 atom stereocenters. The lowest BCUT2D eigenvalue weighted by Gasteiger charge is -2.31. The number of aliphatic carboxylic acids is 1. The van der Waals surface area contributed by atoms with E-state index < -0.39 is 30.0 Å². The van der Waals surface area contributed by atoms with Crippen molar-refractivity contribution in [1.29, 1.82) is 0 Å². The van der Waals surface area contributed by atoms with E-state index in [0.717, 1.165) is 11.1 Å². The summed E-state index contributed by atoms with van der Waals surface area (Å²) >= 11 is 0. The molecule has 3 aromatic carbocycles. The predicted octanol–water partition coefficient (Wildman–Crippen LogP) is 3.90. The van der Waals surface area contributed by atoms with Gasteiger partial charge in [0.05, 0.1) is 6.33 Å². The molecule has 4 N–H and O–H groups in total. The van der Waals surface area contributed by atoms with Crippen molar-refractivity contribution < 1.29 is 24.2 Å². The molecule has 10 nitrogen and oxygen atoms in total. The number of H-pyrrole nitrogens is 1. The average Bonchev–Trinajstić information content (AvgIpc) is 3.51. The summed E-state index contributed by atoms with van der Waals surface area (Å²) < 4.78 is 5.84. The zero-order valence-electron chi connectivity index (χ0n) is 22.7. The van der Waals surface area contributed by atoms with E-state index in [9.17, 15) is 19.5 Å². The summed E-state index contributed by atoms with van der Waals surface area (Å²) in [6, 6.07) is 23.6. The fourth-order valence-electron chi connectivity index (χ4n) is 4.17. The second kappa shape index (κ2) is 14.3. The van der Waals surface area contributed by atoms with Gasteiger partial charge in [0, 0.05) is 31.4 Å². The first-order valence-electron chi connectivity index (χ1n) is 13.2. The second-order valence-corrected chi connectivity index (χ2v) is 9.54. The Labute approximate surface area is 238 Å². The molecule has 0 bridgehead atoms. The van der Waals surface area contributed by atoms with Gasteiger partial charge in [-0.15, -0.1) is 0 Å². The molecule has 0 aliphatic rings. The lowest BCUT2D eigenvalue weighted by molar-refractivity contribution is -0.150. The summed E-state index contributed by atoms with van der Waals surface area (Å²) in [4.78, 5) is 46.8. The van der Waals surface area contributed by atoms with Crippen molar-refractivity contribution in [2.45, 2.75) is 45.1 Å². The van der Waals surface area contributed by atoms with Gasteiger partial charge in [0.2, 0.25) is 5.91 Å². The molecule has 0 fully saturated rings. The Balaban J connectivity index is 1.46. The predicted molar refractivity (Wildman–Crippen MR) is 153 cm³/mol. The van der Waals surface area contributed by atoms with Crippen LogP contribution in [0, 0.1) is 0 Å². The molecule has 10 heteroatoms. The van der Waals surface area contributed by atoms with Gasteiger partial charge < -0.3 is 30.4 Å². The third-order valence-corrected chi connectivity index (χ3v) is 6.51. The summed E-state index contributed by atoms with van der Waals surface area (Å²) in [5.41, 5.74) is 3.27. The minimum absolute atomic E-state index is 0.0258. The summed E-state index contributed by atoms with van der Waals surface area (Å²) in [5, 5.41) is 15.3. The Bertz CT molecular complexity index is 1400. The summed E-state index contributed by atoms with van der Waals surface area (Å²) in [7, 11) is 0. The van der Waals surface area contributed by atoms with Crippen molar-refractivity contribution in [3.63, 3.8) is 0 Å². The monoisotopic (exact) mass is 555 g/mol. The topological polar surface area (TPSA) is 137 Å². The fourth-order valence-corrected chi connectivity index (χ4v) is 4.17. The van der Waals surface area contributed by atoms with E-state index in [1.54, 1.807) is 30.5 Å². The number of nitrogens with one attached hydrogen (secondary N) is 3.